The van der Waals surface area contributed by atoms with Crippen molar-refractivity contribution in [2.24, 2.45) is 0 Å². The van der Waals surface area contributed by atoms with Gasteiger partial charge in [-0.15, -0.1) is 6.42 Å². The molecule has 0 radical (unpaired) electrons. The summed E-state index contributed by atoms with van der Waals surface area (Å²) in [6.45, 7) is 4.10. The van der Waals surface area contributed by atoms with Crippen LogP contribution in [0.25, 0.3) is 0 Å². The van der Waals surface area contributed by atoms with Gasteiger partial charge in [0.2, 0.25) is 0 Å². The second-order valence-electron chi connectivity index (χ2n) is 2.52. The Bertz CT molecular complexity index is 256. The van der Waals surface area contributed by atoms with E-state index in [2.05, 4.69) is 12.0 Å². The van der Waals surface area contributed by atoms with Gasteiger partial charge < -0.3 is 0 Å². The molecule has 0 atom stereocenters. The molecular formula is C13H22. The molecule has 0 aliphatic rings. The number of hydrogen-bond acceptors (Lipinski definition) is 0. The lowest BCUT2D eigenvalue weighted by Crippen LogP contribution is -1.79. The highest BCUT2D eigenvalue weighted by Crippen LogP contribution is 2.06. The Morgan fingerprint density at radius 3 is 1.62 bits per heavy atom. The molecule has 0 N–H and O–H groups in total. The van der Waals surface area contributed by atoms with E-state index in [0.29, 0.717) is 0 Å². The maximum absolute atomic E-state index is 5.24. The Hall–Kier alpha value is -1.22. The predicted molar refractivity (Wildman–Crippen MR) is 64.0 cm³/mol. The van der Waals surface area contributed by atoms with Gasteiger partial charge in [0.25, 0.3) is 0 Å². The quantitative estimate of drug-likeness (QED) is 0.522. The van der Waals surface area contributed by atoms with Crippen LogP contribution >= 0.6 is 0 Å². The SMILES string of the molecule is C.C.C.C#Cc1cc(C)cc(C)c1. The Morgan fingerprint density at radius 1 is 0.923 bits per heavy atom. The predicted octanol–water partition coefficient (Wildman–Crippen LogP) is 4.19. The van der Waals surface area contributed by atoms with E-state index in [4.69, 9.17) is 6.42 Å². The molecule has 74 valence electrons. The first-order valence-electron chi connectivity index (χ1n) is 3.27. The first-order valence-corrected chi connectivity index (χ1v) is 3.27. The van der Waals surface area contributed by atoms with E-state index in [1.807, 2.05) is 26.0 Å². The molecule has 0 aliphatic carbocycles. The van der Waals surface area contributed by atoms with Crippen LogP contribution in [-0.4, -0.2) is 0 Å². The number of terminal acetylenes is 1. The second-order valence-corrected chi connectivity index (χ2v) is 2.52. The van der Waals surface area contributed by atoms with E-state index in [1.54, 1.807) is 0 Å². The summed E-state index contributed by atoms with van der Waals surface area (Å²) in [5, 5.41) is 0. The molecule has 0 aliphatic heterocycles. The molecule has 0 unspecified atom stereocenters. The maximum atomic E-state index is 5.24. The summed E-state index contributed by atoms with van der Waals surface area (Å²) in [5.41, 5.74) is 3.43. The molecule has 1 aromatic carbocycles. The van der Waals surface area contributed by atoms with E-state index in [9.17, 15) is 0 Å². The number of hydrogen-bond donors (Lipinski definition) is 0. The Kier molecular flexibility index (Phi) is 10.1. The van der Waals surface area contributed by atoms with E-state index in [1.165, 1.54) is 11.1 Å². The fraction of sp³-hybridized carbons (Fsp3) is 0.385. The summed E-state index contributed by atoms with van der Waals surface area (Å²) in [6.07, 6.45) is 5.24. The van der Waals surface area contributed by atoms with Crippen LogP contribution in [-0.2, 0) is 0 Å². The molecule has 0 heteroatoms. The topological polar surface area (TPSA) is 0 Å². The summed E-state index contributed by atoms with van der Waals surface area (Å²) >= 11 is 0. The fourth-order valence-electron chi connectivity index (χ4n) is 1.06. The number of aryl methyl sites for hydroxylation is 2. The van der Waals surface area contributed by atoms with Gasteiger partial charge in [-0.25, -0.2) is 0 Å². The van der Waals surface area contributed by atoms with Gasteiger partial charge in [0, 0.05) is 5.56 Å². The number of benzene rings is 1. The summed E-state index contributed by atoms with van der Waals surface area (Å²) in [4.78, 5) is 0. The molecular weight excluding hydrogens is 156 g/mol. The smallest absolute Gasteiger partial charge is 0.0247 e. The van der Waals surface area contributed by atoms with Crippen molar-refractivity contribution in [2.45, 2.75) is 36.1 Å². The Morgan fingerprint density at radius 2 is 1.31 bits per heavy atom. The zero-order chi connectivity index (χ0) is 7.56. The van der Waals surface area contributed by atoms with Crippen molar-refractivity contribution in [1.29, 1.82) is 0 Å². The Balaban J connectivity index is -0.000000333. The summed E-state index contributed by atoms with van der Waals surface area (Å²) in [6, 6.07) is 6.13. The van der Waals surface area contributed by atoms with Crippen molar-refractivity contribution in [2.75, 3.05) is 0 Å². The zero-order valence-electron chi connectivity index (χ0n) is 6.31. The van der Waals surface area contributed by atoms with Crippen molar-refractivity contribution in [3.8, 4) is 12.3 Å². The lowest BCUT2D eigenvalue weighted by atomic mass is 10.1. The molecule has 0 saturated heterocycles. The Labute approximate surface area is 84.0 Å². The van der Waals surface area contributed by atoms with Crippen LogP contribution < -0.4 is 0 Å². The van der Waals surface area contributed by atoms with Crippen LogP contribution in [0.4, 0.5) is 0 Å². The van der Waals surface area contributed by atoms with Crippen LogP contribution in [0.5, 0.6) is 0 Å². The average molecular weight is 178 g/mol. The molecule has 0 nitrogen and oxygen atoms in total. The van der Waals surface area contributed by atoms with Crippen molar-refractivity contribution < 1.29 is 0 Å². The minimum atomic E-state index is 0. The lowest BCUT2D eigenvalue weighted by molar-refractivity contribution is 1.37. The maximum Gasteiger partial charge on any atom is 0.0247 e. The normalized spacial score (nSPS) is 6.85. The van der Waals surface area contributed by atoms with Crippen molar-refractivity contribution >= 4 is 0 Å². The standard InChI is InChI=1S/C10H10.3CH4/c1-4-10-6-8(2)5-9(3)7-10;;;/h1,5-7H,2-3H3;3*1H4. The van der Waals surface area contributed by atoms with Crippen molar-refractivity contribution in [1.82, 2.24) is 0 Å². The van der Waals surface area contributed by atoms with Gasteiger partial charge in [-0.3, -0.25) is 0 Å². The van der Waals surface area contributed by atoms with E-state index in [0.717, 1.165) is 5.56 Å². The summed E-state index contributed by atoms with van der Waals surface area (Å²) in [7, 11) is 0. The average Bonchev–Trinajstić information content (AvgIpc) is 1.85. The van der Waals surface area contributed by atoms with Gasteiger partial charge in [-0.2, -0.15) is 0 Å². The van der Waals surface area contributed by atoms with E-state index >= 15 is 0 Å². The molecule has 0 heterocycles. The highest BCUT2D eigenvalue weighted by Gasteiger charge is 1.89. The summed E-state index contributed by atoms with van der Waals surface area (Å²) < 4.78 is 0. The van der Waals surface area contributed by atoms with Crippen LogP contribution in [0, 0.1) is 26.2 Å². The third-order valence-electron chi connectivity index (χ3n) is 1.39. The minimum Gasteiger partial charge on any atom is -0.115 e. The highest BCUT2D eigenvalue weighted by atomic mass is 13.9. The first-order chi connectivity index (χ1) is 4.72. The van der Waals surface area contributed by atoms with Gasteiger partial charge in [0.1, 0.15) is 0 Å². The molecule has 0 saturated carbocycles. The first kappa shape index (κ1) is 17.8. The highest BCUT2D eigenvalue weighted by molar-refractivity contribution is 5.38. The van der Waals surface area contributed by atoms with Crippen molar-refractivity contribution in [3.63, 3.8) is 0 Å². The van der Waals surface area contributed by atoms with Crippen LogP contribution in [0.15, 0.2) is 18.2 Å². The van der Waals surface area contributed by atoms with E-state index < -0.39 is 0 Å². The van der Waals surface area contributed by atoms with Crippen LogP contribution in [0.3, 0.4) is 0 Å². The molecule has 0 aromatic heterocycles. The van der Waals surface area contributed by atoms with Crippen molar-refractivity contribution in [3.05, 3.63) is 34.9 Å². The molecule has 1 rings (SSSR count). The third kappa shape index (κ3) is 5.09. The number of rotatable bonds is 0. The summed E-state index contributed by atoms with van der Waals surface area (Å²) in [5.74, 6) is 2.61. The molecule has 0 bridgehead atoms. The van der Waals surface area contributed by atoms with E-state index in [-0.39, 0.29) is 22.3 Å². The molecule has 0 fully saturated rings. The zero-order valence-corrected chi connectivity index (χ0v) is 6.31. The van der Waals surface area contributed by atoms with Gasteiger partial charge in [-0.05, 0) is 37.1 Å². The van der Waals surface area contributed by atoms with Gasteiger partial charge in [-0.1, -0.05) is 34.3 Å². The third-order valence-corrected chi connectivity index (χ3v) is 1.39. The lowest BCUT2D eigenvalue weighted by Gasteiger charge is -1.96. The second kappa shape index (κ2) is 7.43. The minimum absolute atomic E-state index is 0. The monoisotopic (exact) mass is 178 g/mol. The van der Waals surface area contributed by atoms with Gasteiger partial charge in [0.15, 0.2) is 0 Å². The largest absolute Gasteiger partial charge is 0.115 e. The molecule has 0 spiro atoms. The molecule has 13 heavy (non-hydrogen) atoms. The van der Waals surface area contributed by atoms with Gasteiger partial charge in [0.05, 0.1) is 0 Å². The van der Waals surface area contributed by atoms with Gasteiger partial charge >= 0.3 is 0 Å². The fourth-order valence-corrected chi connectivity index (χ4v) is 1.06. The van der Waals surface area contributed by atoms with Crippen LogP contribution in [0.2, 0.25) is 0 Å². The molecule has 1 aromatic rings. The van der Waals surface area contributed by atoms with Crippen LogP contribution in [0.1, 0.15) is 39.0 Å². The molecule has 0 amide bonds.